The first kappa shape index (κ1) is 10.5. The van der Waals surface area contributed by atoms with Crippen molar-refractivity contribution in [2.45, 2.75) is 13.3 Å². The Bertz CT molecular complexity index is 486. The van der Waals surface area contributed by atoms with Gasteiger partial charge in [0.1, 0.15) is 11.5 Å². The Morgan fingerprint density at radius 2 is 1.94 bits per heavy atom. The van der Waals surface area contributed by atoms with Gasteiger partial charge in [0, 0.05) is 0 Å². The molecule has 1 aromatic carbocycles. The third-order valence-corrected chi connectivity index (χ3v) is 2.37. The third-order valence-electron chi connectivity index (χ3n) is 2.37. The fourth-order valence-electron chi connectivity index (χ4n) is 1.57. The highest BCUT2D eigenvalue weighted by Gasteiger charge is 2.07. The molecule has 0 radical (unpaired) electrons. The molecule has 0 unspecified atom stereocenters. The average molecular weight is 215 g/mol. The van der Waals surface area contributed by atoms with Crippen LogP contribution in [-0.2, 0) is 6.42 Å². The Balaban J connectivity index is 2.20. The summed E-state index contributed by atoms with van der Waals surface area (Å²) in [6.07, 6.45) is 0.494. The molecule has 0 aliphatic carbocycles. The lowest BCUT2D eigenvalue weighted by Crippen LogP contribution is -2.04. The van der Waals surface area contributed by atoms with Crippen molar-refractivity contribution in [2.75, 3.05) is 0 Å². The van der Waals surface area contributed by atoms with Crippen LogP contribution in [0.5, 0.6) is 0 Å². The van der Waals surface area contributed by atoms with E-state index in [0.29, 0.717) is 12.1 Å². The number of rotatable bonds is 3. The monoisotopic (exact) mass is 215 g/mol. The molecule has 0 amide bonds. The van der Waals surface area contributed by atoms with Crippen LogP contribution >= 0.6 is 0 Å². The van der Waals surface area contributed by atoms with E-state index < -0.39 is 0 Å². The molecule has 82 valence electrons. The van der Waals surface area contributed by atoms with Gasteiger partial charge in [-0.3, -0.25) is 0 Å². The summed E-state index contributed by atoms with van der Waals surface area (Å²) >= 11 is 0. The van der Waals surface area contributed by atoms with E-state index in [9.17, 15) is 0 Å². The highest BCUT2D eigenvalue weighted by Crippen LogP contribution is 2.11. The molecule has 0 aliphatic heterocycles. The van der Waals surface area contributed by atoms with Crippen molar-refractivity contribution in [1.29, 1.82) is 0 Å². The summed E-state index contributed by atoms with van der Waals surface area (Å²) in [6.45, 7) is 1.89. The average Bonchev–Trinajstić information content (AvgIpc) is 2.73. The highest BCUT2D eigenvalue weighted by atomic mass is 16.4. The van der Waals surface area contributed by atoms with E-state index in [0.717, 1.165) is 17.1 Å². The number of oxime groups is 1. The minimum atomic E-state index is 0.494. The summed E-state index contributed by atoms with van der Waals surface area (Å²) in [5.74, 6) is 1.66. The van der Waals surface area contributed by atoms with Crippen LogP contribution in [0.3, 0.4) is 0 Å². The van der Waals surface area contributed by atoms with E-state index in [1.165, 1.54) is 0 Å². The number of furan rings is 1. The number of benzene rings is 1. The Morgan fingerprint density at radius 3 is 2.50 bits per heavy atom. The summed E-state index contributed by atoms with van der Waals surface area (Å²) in [7, 11) is 0. The van der Waals surface area contributed by atoms with Gasteiger partial charge in [0.25, 0.3) is 0 Å². The lowest BCUT2D eigenvalue weighted by Gasteiger charge is -2.01. The van der Waals surface area contributed by atoms with Crippen LogP contribution in [0.15, 0.2) is 52.0 Å². The van der Waals surface area contributed by atoms with Gasteiger partial charge >= 0.3 is 0 Å². The van der Waals surface area contributed by atoms with E-state index in [1.54, 1.807) is 0 Å². The first-order chi connectivity index (χ1) is 7.79. The van der Waals surface area contributed by atoms with E-state index in [-0.39, 0.29) is 0 Å². The normalized spacial score (nSPS) is 11.7. The van der Waals surface area contributed by atoms with Gasteiger partial charge in [-0.05, 0) is 24.6 Å². The summed E-state index contributed by atoms with van der Waals surface area (Å²) in [5.41, 5.74) is 1.51. The molecular weight excluding hydrogens is 202 g/mol. The van der Waals surface area contributed by atoms with Crippen molar-refractivity contribution in [3.05, 3.63) is 59.5 Å². The lowest BCUT2D eigenvalue weighted by molar-refractivity contribution is 0.318. The van der Waals surface area contributed by atoms with Gasteiger partial charge in [0.05, 0.1) is 12.1 Å². The zero-order valence-electron chi connectivity index (χ0n) is 9.05. The number of hydrogen-bond donors (Lipinski definition) is 1. The zero-order chi connectivity index (χ0) is 11.4. The first-order valence-corrected chi connectivity index (χ1v) is 5.11. The van der Waals surface area contributed by atoms with Crippen LogP contribution in [0.4, 0.5) is 0 Å². The van der Waals surface area contributed by atoms with Gasteiger partial charge in [-0.2, -0.15) is 0 Å². The molecule has 0 bridgehead atoms. The second-order valence-corrected chi connectivity index (χ2v) is 3.60. The minimum absolute atomic E-state index is 0.494. The van der Waals surface area contributed by atoms with E-state index >= 15 is 0 Å². The van der Waals surface area contributed by atoms with Crippen LogP contribution in [0.2, 0.25) is 0 Å². The van der Waals surface area contributed by atoms with E-state index in [4.69, 9.17) is 9.62 Å². The Hall–Kier alpha value is -2.03. The van der Waals surface area contributed by atoms with Crippen molar-refractivity contribution in [2.24, 2.45) is 5.16 Å². The molecule has 1 aromatic heterocycles. The summed E-state index contributed by atoms with van der Waals surface area (Å²) in [6, 6.07) is 13.4. The van der Waals surface area contributed by atoms with Crippen molar-refractivity contribution in [1.82, 2.24) is 0 Å². The van der Waals surface area contributed by atoms with Gasteiger partial charge in [-0.1, -0.05) is 35.5 Å². The molecular formula is C13H13NO2. The molecule has 2 aromatic rings. The molecule has 1 heterocycles. The maximum Gasteiger partial charge on any atom is 0.110 e. The maximum atomic E-state index is 8.99. The van der Waals surface area contributed by atoms with Crippen LogP contribution < -0.4 is 0 Å². The molecule has 0 saturated heterocycles. The van der Waals surface area contributed by atoms with Gasteiger partial charge in [-0.15, -0.1) is 0 Å². The van der Waals surface area contributed by atoms with Crippen molar-refractivity contribution in [3.8, 4) is 0 Å². The fourth-order valence-corrected chi connectivity index (χ4v) is 1.57. The Labute approximate surface area is 94.0 Å². The number of hydrogen-bond acceptors (Lipinski definition) is 3. The predicted molar refractivity (Wildman–Crippen MR) is 61.9 cm³/mol. The quantitative estimate of drug-likeness (QED) is 0.486. The summed E-state index contributed by atoms with van der Waals surface area (Å²) in [5, 5.41) is 12.3. The molecule has 1 N–H and O–H groups in total. The Morgan fingerprint density at radius 1 is 1.19 bits per heavy atom. The van der Waals surface area contributed by atoms with Crippen LogP contribution in [0, 0.1) is 6.92 Å². The topological polar surface area (TPSA) is 45.7 Å². The molecule has 0 atom stereocenters. The fraction of sp³-hybridized carbons (Fsp3) is 0.154. The van der Waals surface area contributed by atoms with Crippen molar-refractivity contribution in [3.63, 3.8) is 0 Å². The molecule has 0 aliphatic rings. The van der Waals surface area contributed by atoms with Crippen LogP contribution in [-0.4, -0.2) is 10.9 Å². The summed E-state index contributed by atoms with van der Waals surface area (Å²) in [4.78, 5) is 0. The van der Waals surface area contributed by atoms with Gasteiger partial charge in [-0.25, -0.2) is 0 Å². The summed E-state index contributed by atoms with van der Waals surface area (Å²) < 4.78 is 5.45. The van der Waals surface area contributed by atoms with Crippen molar-refractivity contribution < 1.29 is 9.62 Å². The van der Waals surface area contributed by atoms with E-state index in [2.05, 4.69) is 5.16 Å². The molecule has 3 heteroatoms. The highest BCUT2D eigenvalue weighted by molar-refractivity contribution is 6.01. The van der Waals surface area contributed by atoms with Crippen molar-refractivity contribution >= 4 is 5.71 Å². The smallest absolute Gasteiger partial charge is 0.110 e. The largest absolute Gasteiger partial charge is 0.466 e. The second kappa shape index (κ2) is 4.66. The van der Waals surface area contributed by atoms with E-state index in [1.807, 2.05) is 49.4 Å². The molecule has 3 nitrogen and oxygen atoms in total. The third kappa shape index (κ3) is 2.31. The SMILES string of the molecule is Cc1ccc(CC(=NO)c2ccccc2)o1. The van der Waals surface area contributed by atoms with Gasteiger partial charge < -0.3 is 9.62 Å². The Kier molecular flexibility index (Phi) is 3.05. The maximum absolute atomic E-state index is 8.99. The van der Waals surface area contributed by atoms with Gasteiger partial charge in [0.2, 0.25) is 0 Å². The second-order valence-electron chi connectivity index (χ2n) is 3.60. The molecule has 0 saturated carbocycles. The van der Waals surface area contributed by atoms with Crippen LogP contribution in [0.1, 0.15) is 17.1 Å². The predicted octanol–water partition coefficient (Wildman–Crippen LogP) is 3.01. The number of nitrogens with zero attached hydrogens (tertiary/aromatic N) is 1. The standard InChI is InChI=1S/C13H13NO2/c1-10-7-8-12(16-10)9-13(14-15)11-5-3-2-4-6-11/h2-8,15H,9H2,1H3. The van der Waals surface area contributed by atoms with Gasteiger partial charge in [0.15, 0.2) is 0 Å². The lowest BCUT2D eigenvalue weighted by atomic mass is 10.1. The minimum Gasteiger partial charge on any atom is -0.466 e. The first-order valence-electron chi connectivity index (χ1n) is 5.11. The zero-order valence-corrected chi connectivity index (χ0v) is 9.05. The molecule has 2 rings (SSSR count). The number of aryl methyl sites for hydroxylation is 1. The van der Waals surface area contributed by atoms with Crippen LogP contribution in [0.25, 0.3) is 0 Å². The molecule has 0 fully saturated rings. The molecule has 16 heavy (non-hydrogen) atoms. The molecule has 0 spiro atoms.